The van der Waals surface area contributed by atoms with Crippen LogP contribution in [0.1, 0.15) is 44.9 Å². The third-order valence-electron chi connectivity index (χ3n) is 2.78. The number of carbonyl (C=O) groups is 1. The zero-order valence-electron chi connectivity index (χ0n) is 11.5. The molecule has 0 fully saturated rings. The van der Waals surface area contributed by atoms with Gasteiger partial charge in [-0.1, -0.05) is 26.8 Å². The molecule has 1 aromatic rings. The van der Waals surface area contributed by atoms with Gasteiger partial charge < -0.3 is 14.6 Å². The van der Waals surface area contributed by atoms with Crippen molar-refractivity contribution in [3.8, 4) is 5.75 Å². The van der Waals surface area contributed by atoms with Crippen LogP contribution in [0.25, 0.3) is 0 Å². The van der Waals surface area contributed by atoms with E-state index in [0.717, 1.165) is 11.1 Å². The molecule has 4 heteroatoms. The number of hydrogen-bond donors (Lipinski definition) is 1. The summed E-state index contributed by atoms with van der Waals surface area (Å²) in [6.07, 6.45) is -1.79. The maximum atomic E-state index is 10.6. The van der Waals surface area contributed by atoms with E-state index in [0.29, 0.717) is 5.75 Å². The summed E-state index contributed by atoms with van der Waals surface area (Å²) in [5.74, 6) is 0.707. The van der Waals surface area contributed by atoms with Crippen LogP contribution in [0.2, 0.25) is 0 Å². The molecule has 100 valence electrons. The molecule has 0 saturated carbocycles. The first-order chi connectivity index (χ1) is 8.24. The highest BCUT2D eigenvalue weighted by Gasteiger charge is 2.19. The van der Waals surface area contributed by atoms with E-state index in [1.165, 1.54) is 0 Å². The van der Waals surface area contributed by atoms with Crippen molar-refractivity contribution in [1.29, 1.82) is 0 Å². The van der Waals surface area contributed by atoms with E-state index >= 15 is 0 Å². The van der Waals surface area contributed by atoms with Crippen molar-refractivity contribution in [2.45, 2.75) is 39.2 Å². The zero-order valence-corrected chi connectivity index (χ0v) is 11.5. The Hall–Kier alpha value is -1.71. The molecule has 0 bridgehead atoms. The summed E-state index contributed by atoms with van der Waals surface area (Å²) in [5.41, 5.74) is 1.84. The molecule has 1 atom stereocenters. The Kier molecular flexibility index (Phi) is 4.22. The molecule has 0 amide bonds. The topological polar surface area (TPSA) is 55.8 Å². The van der Waals surface area contributed by atoms with Crippen LogP contribution >= 0.6 is 0 Å². The Labute approximate surface area is 108 Å². The van der Waals surface area contributed by atoms with Crippen LogP contribution in [-0.4, -0.2) is 18.4 Å². The summed E-state index contributed by atoms with van der Waals surface area (Å²) in [6.45, 7) is 7.98. The van der Waals surface area contributed by atoms with Crippen molar-refractivity contribution in [2.75, 3.05) is 7.11 Å². The molecule has 0 aromatic heterocycles. The minimum atomic E-state index is -1.28. The molecule has 1 aromatic carbocycles. The van der Waals surface area contributed by atoms with E-state index in [4.69, 9.17) is 14.6 Å². The highest BCUT2D eigenvalue weighted by atomic mass is 16.7. The second kappa shape index (κ2) is 5.29. The van der Waals surface area contributed by atoms with Crippen LogP contribution in [-0.2, 0) is 10.2 Å². The summed E-state index contributed by atoms with van der Waals surface area (Å²) < 4.78 is 10.0. The molecule has 0 aliphatic heterocycles. The molecule has 1 N–H and O–H groups in total. The van der Waals surface area contributed by atoms with Crippen LogP contribution in [0, 0.1) is 0 Å². The van der Waals surface area contributed by atoms with Gasteiger partial charge in [-0.15, -0.1) is 0 Å². The first-order valence-corrected chi connectivity index (χ1v) is 5.83. The summed E-state index contributed by atoms with van der Waals surface area (Å²) in [7, 11) is 1.59. The van der Waals surface area contributed by atoms with Gasteiger partial charge in [-0.3, -0.25) is 0 Å². The molecule has 0 radical (unpaired) electrons. The lowest BCUT2D eigenvalue weighted by molar-refractivity contribution is 0.0586. The molecule has 18 heavy (non-hydrogen) atoms. The number of hydrogen-bond acceptors (Lipinski definition) is 3. The van der Waals surface area contributed by atoms with Gasteiger partial charge in [0.1, 0.15) is 11.9 Å². The summed E-state index contributed by atoms with van der Waals surface area (Å²) in [5, 5.41) is 8.65. The van der Waals surface area contributed by atoms with Crippen LogP contribution in [0.5, 0.6) is 5.75 Å². The Morgan fingerprint density at radius 3 is 2.33 bits per heavy atom. The lowest BCUT2D eigenvalue weighted by Crippen LogP contribution is -2.13. The van der Waals surface area contributed by atoms with Crippen molar-refractivity contribution < 1.29 is 19.4 Å². The van der Waals surface area contributed by atoms with Gasteiger partial charge in [0.25, 0.3) is 0 Å². The van der Waals surface area contributed by atoms with E-state index in [1.54, 1.807) is 20.1 Å². The van der Waals surface area contributed by atoms with Crippen LogP contribution in [0.15, 0.2) is 18.2 Å². The molecule has 0 aliphatic carbocycles. The van der Waals surface area contributed by atoms with E-state index in [-0.39, 0.29) is 5.41 Å². The quantitative estimate of drug-likeness (QED) is 0.832. The first kappa shape index (κ1) is 14.4. The Bertz CT molecular complexity index is 432. The smallest absolute Gasteiger partial charge is 0.497 e. The van der Waals surface area contributed by atoms with E-state index < -0.39 is 12.3 Å². The molecule has 4 nitrogen and oxygen atoms in total. The minimum absolute atomic E-state index is 0.0355. The van der Waals surface area contributed by atoms with Crippen LogP contribution < -0.4 is 4.74 Å². The van der Waals surface area contributed by atoms with Gasteiger partial charge in [0.15, 0.2) is 0 Å². The maximum Gasteiger partial charge on any atom is 0.506 e. The Balaban J connectivity index is 3.15. The molecule has 1 unspecified atom stereocenters. The lowest BCUT2D eigenvalue weighted by atomic mass is 9.85. The number of benzene rings is 1. The van der Waals surface area contributed by atoms with Crippen LogP contribution in [0.4, 0.5) is 4.79 Å². The van der Waals surface area contributed by atoms with Gasteiger partial charge >= 0.3 is 6.16 Å². The van der Waals surface area contributed by atoms with E-state index in [9.17, 15) is 4.79 Å². The molecule has 1 rings (SSSR count). The highest BCUT2D eigenvalue weighted by Crippen LogP contribution is 2.30. The lowest BCUT2D eigenvalue weighted by Gasteiger charge is -2.22. The van der Waals surface area contributed by atoms with Crippen molar-refractivity contribution in [3.05, 3.63) is 29.3 Å². The predicted molar refractivity (Wildman–Crippen MR) is 69.2 cm³/mol. The van der Waals surface area contributed by atoms with E-state index in [2.05, 4.69) is 20.8 Å². The fourth-order valence-electron chi connectivity index (χ4n) is 1.63. The number of ether oxygens (including phenoxy) is 2. The monoisotopic (exact) mass is 252 g/mol. The van der Waals surface area contributed by atoms with Gasteiger partial charge in [-0.05, 0) is 35.6 Å². The normalized spacial score (nSPS) is 12.9. The molecule has 0 aliphatic rings. The standard InChI is InChI=1S/C14H20O4/c1-9(18-13(15)16)10-6-11(14(2,3)4)8-12(7-10)17-5/h6-9H,1-5H3,(H,15,16). The molecular formula is C14H20O4. The summed E-state index contributed by atoms with van der Waals surface area (Å²) >= 11 is 0. The van der Waals surface area contributed by atoms with Crippen LogP contribution in [0.3, 0.4) is 0 Å². The highest BCUT2D eigenvalue weighted by molar-refractivity contribution is 5.57. The second-order valence-electron chi connectivity index (χ2n) is 5.27. The molecule has 0 spiro atoms. The van der Waals surface area contributed by atoms with E-state index in [1.807, 2.05) is 12.1 Å². The number of carboxylic acid groups (broad SMARTS) is 1. The average Bonchev–Trinajstić information content (AvgIpc) is 2.26. The van der Waals surface area contributed by atoms with Gasteiger partial charge in [-0.2, -0.15) is 0 Å². The minimum Gasteiger partial charge on any atom is -0.497 e. The van der Waals surface area contributed by atoms with Crippen molar-refractivity contribution >= 4 is 6.16 Å². The zero-order chi connectivity index (χ0) is 13.9. The fraction of sp³-hybridized carbons (Fsp3) is 0.500. The van der Waals surface area contributed by atoms with Crippen molar-refractivity contribution in [2.24, 2.45) is 0 Å². The predicted octanol–water partition coefficient (Wildman–Crippen LogP) is 3.75. The third-order valence-corrected chi connectivity index (χ3v) is 2.78. The SMILES string of the molecule is COc1cc(C(C)OC(=O)O)cc(C(C)(C)C)c1. The molecule has 0 heterocycles. The van der Waals surface area contributed by atoms with Gasteiger partial charge in [0, 0.05) is 0 Å². The van der Waals surface area contributed by atoms with Gasteiger partial charge in [0.05, 0.1) is 7.11 Å². The Morgan fingerprint density at radius 2 is 1.89 bits per heavy atom. The van der Waals surface area contributed by atoms with Gasteiger partial charge in [-0.25, -0.2) is 4.79 Å². The largest absolute Gasteiger partial charge is 0.506 e. The molecule has 0 saturated heterocycles. The average molecular weight is 252 g/mol. The Morgan fingerprint density at radius 1 is 1.28 bits per heavy atom. The molecular weight excluding hydrogens is 232 g/mol. The van der Waals surface area contributed by atoms with Gasteiger partial charge in [0.2, 0.25) is 0 Å². The van der Waals surface area contributed by atoms with Crippen molar-refractivity contribution in [1.82, 2.24) is 0 Å². The van der Waals surface area contributed by atoms with Crippen molar-refractivity contribution in [3.63, 3.8) is 0 Å². The number of rotatable bonds is 3. The second-order valence-corrected chi connectivity index (χ2v) is 5.27. The summed E-state index contributed by atoms with van der Waals surface area (Å²) in [4.78, 5) is 10.6. The number of methoxy groups -OCH3 is 1. The maximum absolute atomic E-state index is 10.6. The fourth-order valence-corrected chi connectivity index (χ4v) is 1.63. The first-order valence-electron chi connectivity index (χ1n) is 5.83. The summed E-state index contributed by atoms with van der Waals surface area (Å²) in [6, 6.07) is 5.70. The third kappa shape index (κ3) is 3.65.